The molecular weight excluding hydrogens is 304 g/mol. The third-order valence-electron chi connectivity index (χ3n) is 3.83. The Hall–Kier alpha value is -2.21. The molecule has 1 amide bonds. The van der Waals surface area contributed by atoms with E-state index in [0.717, 1.165) is 32.2 Å². The van der Waals surface area contributed by atoms with Crippen LogP contribution in [0, 0.1) is 0 Å². The zero-order valence-electron chi connectivity index (χ0n) is 15.0. The number of aliphatic hydroxyl groups excluding tert-OH is 1. The van der Waals surface area contributed by atoms with Gasteiger partial charge in [-0.1, -0.05) is 26.0 Å². The number of amides is 1. The lowest BCUT2D eigenvalue weighted by molar-refractivity contribution is 0.0635. The first-order valence-electron chi connectivity index (χ1n) is 8.49. The minimum atomic E-state index is 0.0742. The maximum Gasteiger partial charge on any atom is 0.256 e. The number of piperidine rings is 1. The van der Waals surface area contributed by atoms with E-state index in [2.05, 4.69) is 17.1 Å². The largest absolute Gasteiger partial charge is 0.400 e. The molecule has 24 heavy (non-hydrogen) atoms. The summed E-state index contributed by atoms with van der Waals surface area (Å²) in [6, 6.07) is 7.81. The van der Waals surface area contributed by atoms with Crippen LogP contribution in [0.1, 0.15) is 50.4 Å². The molecule has 1 saturated heterocycles. The first-order chi connectivity index (χ1) is 11.8. The lowest BCUT2D eigenvalue weighted by Gasteiger charge is -2.33. The first kappa shape index (κ1) is 19.8. The quantitative estimate of drug-likeness (QED) is 0.918. The summed E-state index contributed by atoms with van der Waals surface area (Å²) in [5, 5.41) is 15.3. The second-order valence-corrected chi connectivity index (χ2v) is 5.18. The minimum absolute atomic E-state index is 0.0742. The van der Waals surface area contributed by atoms with Gasteiger partial charge in [-0.2, -0.15) is 15.0 Å². The molecule has 0 aliphatic carbocycles. The monoisotopic (exact) mass is 332 g/mol. The number of hydrogen-bond donors (Lipinski definition) is 1. The van der Waals surface area contributed by atoms with Gasteiger partial charge < -0.3 is 10.0 Å². The molecule has 1 fully saturated rings. The predicted octanol–water partition coefficient (Wildman–Crippen LogP) is 2.92. The average Bonchev–Trinajstić information content (AvgIpc) is 3.19. The lowest BCUT2D eigenvalue weighted by Crippen LogP contribution is -2.42. The number of para-hydroxylation sites is 1. The molecule has 0 unspecified atom stereocenters. The Morgan fingerprint density at radius 2 is 1.75 bits per heavy atom. The highest BCUT2D eigenvalue weighted by Crippen LogP contribution is 2.21. The summed E-state index contributed by atoms with van der Waals surface area (Å²) < 4.78 is 0. The number of nitrogens with zero attached hydrogens (tertiary/aromatic N) is 4. The highest BCUT2D eigenvalue weighted by Gasteiger charge is 2.26. The third-order valence-corrected chi connectivity index (χ3v) is 3.83. The summed E-state index contributed by atoms with van der Waals surface area (Å²) in [5.41, 5.74) is 1.40. The highest BCUT2D eigenvalue weighted by atomic mass is 16.2. The van der Waals surface area contributed by atoms with Gasteiger partial charge in [0.25, 0.3) is 5.91 Å². The molecule has 1 aliphatic rings. The van der Waals surface area contributed by atoms with E-state index >= 15 is 0 Å². The van der Waals surface area contributed by atoms with Crippen molar-refractivity contribution in [1.29, 1.82) is 0 Å². The van der Waals surface area contributed by atoms with Crippen molar-refractivity contribution in [3.63, 3.8) is 0 Å². The zero-order valence-corrected chi connectivity index (χ0v) is 15.0. The van der Waals surface area contributed by atoms with Crippen LogP contribution in [0.4, 0.5) is 0 Å². The minimum Gasteiger partial charge on any atom is -0.400 e. The molecule has 1 N–H and O–H groups in total. The molecule has 0 radical (unpaired) electrons. The molecule has 1 aromatic heterocycles. The van der Waals surface area contributed by atoms with Gasteiger partial charge in [-0.15, -0.1) is 0 Å². The van der Waals surface area contributed by atoms with Crippen LogP contribution in [0.5, 0.6) is 0 Å². The molecule has 1 aliphatic heterocycles. The topological polar surface area (TPSA) is 71.2 Å². The molecule has 3 rings (SSSR count). The second kappa shape index (κ2) is 10.5. The molecule has 6 heteroatoms. The van der Waals surface area contributed by atoms with Crippen molar-refractivity contribution in [2.45, 2.75) is 46.1 Å². The fraction of sp³-hybridized carbons (Fsp3) is 0.500. The van der Waals surface area contributed by atoms with Gasteiger partial charge in [0.15, 0.2) is 0 Å². The van der Waals surface area contributed by atoms with Crippen molar-refractivity contribution in [2.75, 3.05) is 13.7 Å². The smallest absolute Gasteiger partial charge is 0.256 e. The summed E-state index contributed by atoms with van der Waals surface area (Å²) in [7, 11) is 1.00. The van der Waals surface area contributed by atoms with Crippen LogP contribution in [-0.4, -0.2) is 50.6 Å². The lowest BCUT2D eigenvalue weighted by atomic mass is 10.0. The van der Waals surface area contributed by atoms with Crippen LogP contribution < -0.4 is 0 Å². The molecule has 0 spiro atoms. The van der Waals surface area contributed by atoms with Gasteiger partial charge in [-0.05, 0) is 38.3 Å². The standard InChI is InChI=1S/C15H18N4O.C2H6.CH4O/c1-12-6-4-5-11-18(12)15(20)13-7-2-3-8-14(13)19-16-9-10-17-19;2*1-2/h2-3,7-10,12H,4-6,11H2,1H3;1-2H3;2H,1H3/t12-;;/m1../s1. The van der Waals surface area contributed by atoms with Gasteiger partial charge in [0, 0.05) is 19.7 Å². The zero-order chi connectivity index (χ0) is 17.9. The van der Waals surface area contributed by atoms with E-state index in [1.807, 2.05) is 43.0 Å². The van der Waals surface area contributed by atoms with Crippen LogP contribution in [0.3, 0.4) is 0 Å². The van der Waals surface area contributed by atoms with E-state index in [0.29, 0.717) is 11.6 Å². The predicted molar refractivity (Wildman–Crippen MR) is 95.2 cm³/mol. The molecule has 6 nitrogen and oxygen atoms in total. The number of carbonyl (C=O) groups is 1. The SMILES string of the molecule is CC.CO.C[C@@H]1CCCCN1C(=O)c1ccccc1-n1nccn1. The molecule has 1 atom stereocenters. The van der Waals surface area contributed by atoms with Crippen molar-refractivity contribution in [1.82, 2.24) is 19.9 Å². The highest BCUT2D eigenvalue weighted by molar-refractivity contribution is 5.97. The van der Waals surface area contributed by atoms with E-state index in [1.165, 1.54) is 11.2 Å². The Morgan fingerprint density at radius 3 is 2.38 bits per heavy atom. The number of rotatable bonds is 2. The third kappa shape index (κ3) is 4.64. The van der Waals surface area contributed by atoms with Gasteiger partial charge in [0.2, 0.25) is 0 Å². The maximum atomic E-state index is 12.8. The summed E-state index contributed by atoms with van der Waals surface area (Å²) >= 11 is 0. The average molecular weight is 332 g/mol. The molecule has 2 heterocycles. The van der Waals surface area contributed by atoms with E-state index in [1.54, 1.807) is 12.4 Å². The molecule has 2 aromatic rings. The Kier molecular flexibility index (Phi) is 8.71. The molecule has 132 valence electrons. The van der Waals surface area contributed by atoms with E-state index in [4.69, 9.17) is 5.11 Å². The van der Waals surface area contributed by atoms with Gasteiger partial charge in [-0.3, -0.25) is 4.79 Å². The van der Waals surface area contributed by atoms with Gasteiger partial charge >= 0.3 is 0 Å². The van der Waals surface area contributed by atoms with Gasteiger partial charge in [-0.25, -0.2) is 0 Å². The van der Waals surface area contributed by atoms with Crippen molar-refractivity contribution in [2.24, 2.45) is 0 Å². The summed E-state index contributed by atoms with van der Waals surface area (Å²) in [6.07, 6.45) is 6.59. The van der Waals surface area contributed by atoms with E-state index in [-0.39, 0.29) is 5.91 Å². The van der Waals surface area contributed by atoms with Crippen molar-refractivity contribution in [3.05, 3.63) is 42.2 Å². The maximum absolute atomic E-state index is 12.8. The fourth-order valence-corrected chi connectivity index (χ4v) is 2.72. The number of benzene rings is 1. The number of carbonyl (C=O) groups excluding carboxylic acids is 1. The van der Waals surface area contributed by atoms with Crippen LogP contribution >= 0.6 is 0 Å². The van der Waals surface area contributed by atoms with E-state index in [9.17, 15) is 4.79 Å². The van der Waals surface area contributed by atoms with Crippen LogP contribution in [0.15, 0.2) is 36.7 Å². The van der Waals surface area contributed by atoms with Gasteiger partial charge in [0.05, 0.1) is 23.6 Å². The van der Waals surface area contributed by atoms with Crippen molar-refractivity contribution in [3.8, 4) is 5.69 Å². The Morgan fingerprint density at radius 1 is 1.12 bits per heavy atom. The summed E-state index contributed by atoms with van der Waals surface area (Å²) in [4.78, 5) is 16.2. The van der Waals surface area contributed by atoms with E-state index < -0.39 is 0 Å². The Balaban J connectivity index is 0.000000671. The number of likely N-dealkylation sites (tertiary alicyclic amines) is 1. The second-order valence-electron chi connectivity index (χ2n) is 5.18. The Labute approximate surface area is 144 Å². The first-order valence-corrected chi connectivity index (χ1v) is 8.49. The summed E-state index contributed by atoms with van der Waals surface area (Å²) in [6.45, 7) is 6.95. The molecule has 0 bridgehead atoms. The van der Waals surface area contributed by atoms with Crippen LogP contribution in [-0.2, 0) is 0 Å². The number of aliphatic hydroxyl groups is 1. The molecule has 1 aromatic carbocycles. The Bertz CT molecular complexity index is 599. The molecule has 0 saturated carbocycles. The van der Waals surface area contributed by atoms with Crippen molar-refractivity contribution >= 4 is 5.91 Å². The van der Waals surface area contributed by atoms with Crippen LogP contribution in [0.25, 0.3) is 5.69 Å². The normalized spacial score (nSPS) is 16.4. The fourth-order valence-electron chi connectivity index (χ4n) is 2.72. The van der Waals surface area contributed by atoms with Gasteiger partial charge in [0.1, 0.15) is 0 Å². The van der Waals surface area contributed by atoms with Crippen LogP contribution in [0.2, 0.25) is 0 Å². The number of aromatic nitrogens is 3. The number of hydrogen-bond acceptors (Lipinski definition) is 4. The summed E-state index contributed by atoms with van der Waals surface area (Å²) in [5.74, 6) is 0.0742. The van der Waals surface area contributed by atoms with Crippen molar-refractivity contribution < 1.29 is 9.90 Å². The molecular formula is C18H28N4O2.